The van der Waals surface area contributed by atoms with Gasteiger partial charge in [-0.2, -0.15) is 0 Å². The van der Waals surface area contributed by atoms with Crippen molar-refractivity contribution in [1.82, 2.24) is 9.97 Å². The summed E-state index contributed by atoms with van der Waals surface area (Å²) in [5.41, 5.74) is 3.93. The first-order valence-corrected chi connectivity index (χ1v) is 7.36. The lowest BCUT2D eigenvalue weighted by molar-refractivity contribution is 0.436. The minimum absolute atomic E-state index is 0.0268. The van der Waals surface area contributed by atoms with Gasteiger partial charge in [0.15, 0.2) is 5.15 Å². The van der Waals surface area contributed by atoms with Gasteiger partial charge < -0.3 is 4.74 Å². The van der Waals surface area contributed by atoms with Crippen LogP contribution in [0.4, 0.5) is 0 Å². The molecule has 1 heterocycles. The standard InChI is InChI=1S/C17H21ClN2O/c1-10-7-8-14(13(9-10)17(4,5)6)21-16-15(18)19-11(2)12(3)20-16/h7-9H,1-6H3. The third kappa shape index (κ3) is 3.53. The van der Waals surface area contributed by atoms with Gasteiger partial charge in [-0.25, -0.2) is 9.97 Å². The summed E-state index contributed by atoms with van der Waals surface area (Å²) >= 11 is 6.15. The molecule has 0 N–H and O–H groups in total. The molecule has 1 aromatic heterocycles. The zero-order valence-electron chi connectivity index (χ0n) is 13.4. The van der Waals surface area contributed by atoms with E-state index in [1.807, 2.05) is 26.0 Å². The van der Waals surface area contributed by atoms with Crippen molar-refractivity contribution < 1.29 is 4.74 Å². The molecule has 2 rings (SSSR count). The van der Waals surface area contributed by atoms with Crippen molar-refractivity contribution in [2.75, 3.05) is 0 Å². The number of aryl methyl sites for hydroxylation is 3. The second-order valence-electron chi connectivity index (χ2n) is 6.34. The van der Waals surface area contributed by atoms with Crippen LogP contribution in [0.3, 0.4) is 0 Å². The van der Waals surface area contributed by atoms with Crippen molar-refractivity contribution in [2.45, 2.75) is 47.0 Å². The number of aromatic nitrogens is 2. The second-order valence-corrected chi connectivity index (χ2v) is 6.70. The van der Waals surface area contributed by atoms with Crippen LogP contribution >= 0.6 is 11.6 Å². The fourth-order valence-electron chi connectivity index (χ4n) is 2.04. The van der Waals surface area contributed by atoms with Gasteiger partial charge >= 0.3 is 0 Å². The molecule has 3 nitrogen and oxygen atoms in total. The number of benzene rings is 1. The Morgan fingerprint density at radius 1 is 1.00 bits per heavy atom. The number of nitrogens with zero attached hydrogens (tertiary/aromatic N) is 2. The molecule has 2 aromatic rings. The summed E-state index contributed by atoms with van der Waals surface area (Å²) in [6.07, 6.45) is 0. The van der Waals surface area contributed by atoms with Crippen LogP contribution in [0.1, 0.15) is 43.3 Å². The van der Waals surface area contributed by atoms with E-state index in [0.717, 1.165) is 22.7 Å². The summed E-state index contributed by atoms with van der Waals surface area (Å²) in [5, 5.41) is 0.290. The Balaban J connectivity index is 2.47. The van der Waals surface area contributed by atoms with Crippen LogP contribution in [0.5, 0.6) is 11.6 Å². The van der Waals surface area contributed by atoms with Gasteiger partial charge in [0.2, 0.25) is 0 Å². The Morgan fingerprint density at radius 2 is 1.62 bits per heavy atom. The van der Waals surface area contributed by atoms with E-state index in [2.05, 4.69) is 43.7 Å². The van der Waals surface area contributed by atoms with Crippen molar-refractivity contribution in [3.63, 3.8) is 0 Å². The molecule has 0 fully saturated rings. The van der Waals surface area contributed by atoms with Gasteiger partial charge in [-0.1, -0.05) is 50.1 Å². The van der Waals surface area contributed by atoms with Crippen LogP contribution < -0.4 is 4.74 Å². The summed E-state index contributed by atoms with van der Waals surface area (Å²) in [6, 6.07) is 6.12. The van der Waals surface area contributed by atoms with Gasteiger partial charge in [-0.3, -0.25) is 0 Å². The molecule has 0 radical (unpaired) electrons. The number of halogens is 1. The van der Waals surface area contributed by atoms with Crippen molar-refractivity contribution in [1.29, 1.82) is 0 Å². The van der Waals surface area contributed by atoms with Crippen LogP contribution in [-0.2, 0) is 5.41 Å². The van der Waals surface area contributed by atoms with Gasteiger partial charge in [0, 0.05) is 5.56 Å². The zero-order valence-corrected chi connectivity index (χ0v) is 14.2. The average Bonchev–Trinajstić information content (AvgIpc) is 2.36. The van der Waals surface area contributed by atoms with Gasteiger partial charge in [0.05, 0.1) is 11.4 Å². The Kier molecular flexibility index (Phi) is 4.24. The van der Waals surface area contributed by atoms with E-state index >= 15 is 0 Å². The molecule has 21 heavy (non-hydrogen) atoms. The monoisotopic (exact) mass is 304 g/mol. The minimum atomic E-state index is -0.0268. The van der Waals surface area contributed by atoms with Gasteiger partial charge in [0.1, 0.15) is 5.75 Å². The third-order valence-corrected chi connectivity index (χ3v) is 3.63. The summed E-state index contributed by atoms with van der Waals surface area (Å²) in [7, 11) is 0. The Labute approximate surface area is 131 Å². The minimum Gasteiger partial charge on any atom is -0.436 e. The number of hydrogen-bond donors (Lipinski definition) is 0. The molecule has 0 bridgehead atoms. The molecule has 112 valence electrons. The summed E-state index contributed by atoms with van der Waals surface area (Å²) in [5.74, 6) is 1.13. The van der Waals surface area contributed by atoms with Crippen LogP contribution in [-0.4, -0.2) is 9.97 Å². The predicted molar refractivity (Wildman–Crippen MR) is 86.5 cm³/mol. The van der Waals surface area contributed by atoms with E-state index in [-0.39, 0.29) is 5.41 Å². The second kappa shape index (κ2) is 5.64. The molecule has 0 saturated heterocycles. The van der Waals surface area contributed by atoms with Crippen molar-refractivity contribution >= 4 is 11.6 Å². The SMILES string of the molecule is Cc1ccc(Oc2nc(C)c(C)nc2Cl)c(C(C)(C)C)c1. The Bertz CT molecular complexity index is 675. The zero-order chi connectivity index (χ0) is 15.8. The molecule has 0 spiro atoms. The highest BCUT2D eigenvalue weighted by Gasteiger charge is 2.21. The summed E-state index contributed by atoms with van der Waals surface area (Å²) in [4.78, 5) is 8.65. The number of rotatable bonds is 2. The maximum absolute atomic E-state index is 6.15. The molecular weight excluding hydrogens is 284 g/mol. The fourth-order valence-corrected chi connectivity index (χ4v) is 2.25. The van der Waals surface area contributed by atoms with Crippen molar-refractivity contribution in [3.05, 3.63) is 45.9 Å². The molecule has 0 aliphatic heterocycles. The molecule has 0 amide bonds. The van der Waals surface area contributed by atoms with Crippen LogP contribution in [0.2, 0.25) is 5.15 Å². The quantitative estimate of drug-likeness (QED) is 0.770. The molecule has 0 atom stereocenters. The maximum Gasteiger partial charge on any atom is 0.257 e. The molecule has 4 heteroatoms. The predicted octanol–water partition coefficient (Wildman–Crippen LogP) is 5.15. The van der Waals surface area contributed by atoms with E-state index < -0.39 is 0 Å². The van der Waals surface area contributed by atoms with Crippen molar-refractivity contribution in [2.24, 2.45) is 0 Å². The van der Waals surface area contributed by atoms with Crippen LogP contribution in [0, 0.1) is 20.8 Å². The summed E-state index contributed by atoms with van der Waals surface area (Å²) < 4.78 is 5.95. The first kappa shape index (κ1) is 15.8. The molecule has 0 aliphatic rings. The maximum atomic E-state index is 6.15. The van der Waals surface area contributed by atoms with Crippen LogP contribution in [0.15, 0.2) is 18.2 Å². The van der Waals surface area contributed by atoms with Gasteiger partial charge in [-0.05, 0) is 32.3 Å². The average molecular weight is 305 g/mol. The lowest BCUT2D eigenvalue weighted by atomic mass is 9.85. The third-order valence-electron chi connectivity index (χ3n) is 3.38. The molecule has 0 unspecified atom stereocenters. The Hall–Kier alpha value is -1.61. The summed E-state index contributed by atoms with van der Waals surface area (Å²) in [6.45, 7) is 12.3. The highest BCUT2D eigenvalue weighted by atomic mass is 35.5. The number of hydrogen-bond acceptors (Lipinski definition) is 3. The molecule has 0 saturated carbocycles. The molecular formula is C17H21ClN2O. The van der Waals surface area contributed by atoms with Gasteiger partial charge in [0.25, 0.3) is 5.88 Å². The molecule has 1 aromatic carbocycles. The van der Waals surface area contributed by atoms with E-state index in [9.17, 15) is 0 Å². The lowest BCUT2D eigenvalue weighted by Gasteiger charge is -2.23. The topological polar surface area (TPSA) is 35.0 Å². The highest BCUT2D eigenvalue weighted by Crippen LogP contribution is 2.36. The van der Waals surface area contributed by atoms with E-state index in [1.54, 1.807) is 0 Å². The molecule has 0 aliphatic carbocycles. The normalized spacial score (nSPS) is 11.6. The van der Waals surface area contributed by atoms with E-state index in [4.69, 9.17) is 16.3 Å². The Morgan fingerprint density at radius 3 is 2.24 bits per heavy atom. The smallest absolute Gasteiger partial charge is 0.257 e. The van der Waals surface area contributed by atoms with E-state index in [1.165, 1.54) is 5.56 Å². The van der Waals surface area contributed by atoms with Crippen LogP contribution in [0.25, 0.3) is 0 Å². The first-order valence-electron chi connectivity index (χ1n) is 6.98. The van der Waals surface area contributed by atoms with Crippen molar-refractivity contribution in [3.8, 4) is 11.6 Å². The fraction of sp³-hybridized carbons (Fsp3) is 0.412. The lowest BCUT2D eigenvalue weighted by Crippen LogP contribution is -2.13. The number of ether oxygens (including phenoxy) is 1. The largest absolute Gasteiger partial charge is 0.436 e. The highest BCUT2D eigenvalue weighted by molar-refractivity contribution is 6.30. The van der Waals surface area contributed by atoms with E-state index in [0.29, 0.717) is 11.0 Å². The van der Waals surface area contributed by atoms with Gasteiger partial charge in [-0.15, -0.1) is 0 Å². The first-order chi connectivity index (χ1) is 9.68.